The summed E-state index contributed by atoms with van der Waals surface area (Å²) >= 11 is 0. The smallest absolute Gasteiger partial charge is 0.126 e. The summed E-state index contributed by atoms with van der Waals surface area (Å²) in [7, 11) is 14.3. The Bertz CT molecular complexity index is 3490. The molecule has 0 atom stereocenters. The van der Waals surface area contributed by atoms with E-state index in [1.807, 2.05) is 66.9 Å². The molecular weight excluding hydrogens is 1110 g/mol. The fourth-order valence-electron chi connectivity index (χ4n) is 13.5. The minimum atomic E-state index is -0.539. The monoisotopic (exact) mass is 1210 g/mol. The molecule has 8 aromatic carbocycles. The average molecular weight is 1210 g/mol. The van der Waals surface area contributed by atoms with Crippen LogP contribution in [-0.4, -0.2) is 56.9 Å². The second-order valence-corrected chi connectivity index (χ2v) is 29.9. The van der Waals surface area contributed by atoms with E-state index >= 15 is 0 Å². The number of fused-ring (bicyclic) bond motifs is 12. The minimum Gasteiger partial charge on any atom is -0.497 e. The zero-order valence-electron chi connectivity index (χ0n) is 58.6. The summed E-state index contributed by atoms with van der Waals surface area (Å²) in [4.78, 5) is 0. The highest BCUT2D eigenvalue weighted by Gasteiger charge is 2.36. The van der Waals surface area contributed by atoms with Gasteiger partial charge in [-0.25, -0.2) is 0 Å². The molecule has 12 bridgehead atoms. The Morgan fingerprint density at radius 2 is 0.444 bits per heavy atom. The molecule has 8 aromatic rings. The first-order valence-electron chi connectivity index (χ1n) is 31.8. The molecular formula is C82H100O8. The van der Waals surface area contributed by atoms with Gasteiger partial charge in [0.2, 0.25) is 0 Å². The third-order valence-electron chi connectivity index (χ3n) is 18.9. The van der Waals surface area contributed by atoms with Crippen molar-refractivity contribution in [3.63, 3.8) is 0 Å². The second-order valence-electron chi connectivity index (χ2n) is 29.9. The highest BCUT2D eigenvalue weighted by molar-refractivity contribution is 5.72. The van der Waals surface area contributed by atoms with Gasteiger partial charge in [0.05, 0.1) is 56.9 Å². The molecule has 0 saturated heterocycles. The molecule has 8 nitrogen and oxygen atoms in total. The Morgan fingerprint density at radius 3 is 0.622 bits per heavy atom. The number of hydrogen-bond acceptors (Lipinski definition) is 8. The summed E-state index contributed by atoms with van der Waals surface area (Å²) in [6.07, 6.45) is 2.10. The standard InChI is InChI=1S/C82H100O8/c1-77(2,3)67-45-61-41-57(73(67)87-21)37-53-33-51(49-25-29-65(83-17)30-26-49)34-54(71(53)85-19)38-59-43-63(47-69(75(59)89-23)79(7,8)9)82(15,16)64-44-60(76(90-24)70(48-64)80(10,11)12)40-56-36-52(50-27-31-66(84-18)32-28-50)35-55(72(56)86-20)39-58-42-62(81(61,13)14)46-68(74(58)88-22)78(4,5)6/h25-36,41-48H,37-40H2,1-24H3. The molecule has 90 heavy (non-hydrogen) atoms. The second kappa shape index (κ2) is 25.1. The van der Waals surface area contributed by atoms with E-state index < -0.39 is 10.8 Å². The molecule has 0 fully saturated rings. The first-order chi connectivity index (χ1) is 42.2. The van der Waals surface area contributed by atoms with Gasteiger partial charge in [-0.15, -0.1) is 0 Å². The lowest BCUT2D eigenvalue weighted by molar-refractivity contribution is 0.389. The number of methoxy groups -OCH3 is 8. The summed E-state index contributed by atoms with van der Waals surface area (Å²) < 4.78 is 51.5. The van der Waals surface area contributed by atoms with Gasteiger partial charge in [-0.2, -0.15) is 0 Å². The molecule has 0 N–H and O–H groups in total. The molecule has 0 heterocycles. The Hall–Kier alpha value is -7.84. The lowest BCUT2D eigenvalue weighted by Crippen LogP contribution is -2.24. The van der Waals surface area contributed by atoms with Crippen LogP contribution in [-0.2, 0) is 58.2 Å². The number of rotatable bonds is 10. The molecule has 9 rings (SSSR count). The van der Waals surface area contributed by atoms with Crippen LogP contribution in [0.15, 0.2) is 121 Å². The predicted molar refractivity (Wildman–Crippen MR) is 372 cm³/mol. The van der Waals surface area contributed by atoms with E-state index in [9.17, 15) is 0 Å². The van der Waals surface area contributed by atoms with Crippen molar-refractivity contribution in [3.05, 3.63) is 210 Å². The molecule has 1 aliphatic carbocycles. The summed E-state index contributed by atoms with van der Waals surface area (Å²) in [6.45, 7) is 36.8. The van der Waals surface area contributed by atoms with Crippen molar-refractivity contribution < 1.29 is 37.9 Å². The van der Waals surface area contributed by atoms with Crippen LogP contribution < -0.4 is 37.9 Å². The SMILES string of the molecule is COc1ccc(-c2cc3c(OC)c(c2)Cc2cc(cc(C(C)(C)C)c2OC)C(C)(C)c2cc(c(OC)c(C(C)(C)C)c2)Cc2cc(-c4ccc(OC)cc4)cc(c2OC)Cc2cc(cc(C(C)(C)C)c2OC)C(C)(C)c2cc(c(OC)c(C(C)(C)C)c2)C3)cc1. The van der Waals surface area contributed by atoms with E-state index in [1.54, 1.807) is 14.2 Å². The molecule has 0 amide bonds. The van der Waals surface area contributed by atoms with E-state index in [0.29, 0.717) is 25.7 Å². The van der Waals surface area contributed by atoms with Crippen LogP contribution in [0.1, 0.15) is 200 Å². The molecule has 0 aromatic heterocycles. The summed E-state index contributed by atoms with van der Waals surface area (Å²) in [5.74, 6) is 6.73. The van der Waals surface area contributed by atoms with Crippen molar-refractivity contribution in [1.29, 1.82) is 0 Å². The van der Waals surface area contributed by atoms with Crippen molar-refractivity contribution in [3.8, 4) is 68.2 Å². The third-order valence-corrected chi connectivity index (χ3v) is 18.9. The Morgan fingerprint density at radius 1 is 0.244 bits per heavy atom. The summed E-state index contributed by atoms with van der Waals surface area (Å²) in [6, 6.07) is 45.1. The Balaban J connectivity index is 1.45. The van der Waals surface area contributed by atoms with Gasteiger partial charge in [0, 0.05) is 58.8 Å². The zero-order chi connectivity index (χ0) is 65.8. The van der Waals surface area contributed by atoms with Gasteiger partial charge in [-0.3, -0.25) is 0 Å². The van der Waals surface area contributed by atoms with Crippen LogP contribution >= 0.6 is 0 Å². The van der Waals surface area contributed by atoms with Gasteiger partial charge in [0.1, 0.15) is 46.0 Å². The van der Waals surface area contributed by atoms with E-state index in [4.69, 9.17) is 37.9 Å². The van der Waals surface area contributed by atoms with Crippen LogP contribution in [0.4, 0.5) is 0 Å². The first kappa shape index (κ1) is 66.6. The molecule has 476 valence electrons. The fraction of sp³-hybridized carbons (Fsp3) is 0.415. The van der Waals surface area contributed by atoms with Crippen molar-refractivity contribution in [2.24, 2.45) is 0 Å². The molecule has 8 heteroatoms. The quantitative estimate of drug-likeness (QED) is 0.134. The van der Waals surface area contributed by atoms with Crippen LogP contribution in [0, 0.1) is 0 Å². The summed E-state index contributed by atoms with van der Waals surface area (Å²) in [5.41, 5.74) is 19.7. The highest BCUT2D eigenvalue weighted by atomic mass is 16.5. The molecule has 0 spiro atoms. The van der Waals surface area contributed by atoms with Crippen molar-refractivity contribution in [2.45, 2.75) is 169 Å². The Kier molecular flexibility index (Phi) is 18.6. The van der Waals surface area contributed by atoms with Crippen LogP contribution in [0.3, 0.4) is 0 Å². The maximum atomic E-state index is 6.76. The van der Waals surface area contributed by atoms with Crippen LogP contribution in [0.25, 0.3) is 22.3 Å². The fourth-order valence-corrected chi connectivity index (χ4v) is 13.5. The third kappa shape index (κ3) is 13.1. The maximum absolute atomic E-state index is 6.76. The van der Waals surface area contributed by atoms with Crippen molar-refractivity contribution in [2.75, 3.05) is 56.9 Å². The number of benzene rings is 8. The van der Waals surface area contributed by atoms with Gasteiger partial charge in [-0.05, 0) is 159 Å². The van der Waals surface area contributed by atoms with E-state index in [1.165, 1.54) is 22.3 Å². The first-order valence-corrected chi connectivity index (χ1v) is 31.8. The largest absolute Gasteiger partial charge is 0.497 e. The molecule has 0 radical (unpaired) electrons. The minimum absolute atomic E-state index is 0.293. The number of hydrogen-bond donors (Lipinski definition) is 0. The average Bonchev–Trinajstić information content (AvgIpc) is 0.773. The lowest BCUT2D eigenvalue weighted by Gasteiger charge is -2.34. The number of ether oxygens (including phenoxy) is 8. The predicted octanol–water partition coefficient (Wildman–Crippen LogP) is 19.6. The van der Waals surface area contributed by atoms with Crippen molar-refractivity contribution in [1.82, 2.24) is 0 Å². The van der Waals surface area contributed by atoms with Gasteiger partial charge in [0.25, 0.3) is 0 Å². The van der Waals surface area contributed by atoms with Gasteiger partial charge < -0.3 is 37.9 Å². The maximum Gasteiger partial charge on any atom is 0.126 e. The van der Waals surface area contributed by atoms with Gasteiger partial charge in [-0.1, -0.05) is 184 Å². The molecule has 0 unspecified atom stereocenters. The Labute approximate surface area is 539 Å². The normalized spacial score (nSPS) is 14.2. The zero-order valence-corrected chi connectivity index (χ0v) is 58.6. The molecule has 1 aliphatic rings. The van der Waals surface area contributed by atoms with E-state index in [-0.39, 0.29) is 21.7 Å². The van der Waals surface area contributed by atoms with E-state index in [0.717, 1.165) is 135 Å². The van der Waals surface area contributed by atoms with Crippen LogP contribution in [0.2, 0.25) is 0 Å². The molecule has 0 aliphatic heterocycles. The molecule has 0 saturated carbocycles. The van der Waals surface area contributed by atoms with Crippen LogP contribution in [0.5, 0.6) is 46.0 Å². The highest BCUT2D eigenvalue weighted by Crippen LogP contribution is 2.50. The summed E-state index contributed by atoms with van der Waals surface area (Å²) in [5, 5.41) is 0. The topological polar surface area (TPSA) is 73.8 Å². The van der Waals surface area contributed by atoms with Gasteiger partial charge in [0.15, 0.2) is 0 Å². The van der Waals surface area contributed by atoms with E-state index in [2.05, 4.69) is 208 Å². The van der Waals surface area contributed by atoms with Crippen molar-refractivity contribution >= 4 is 0 Å². The van der Waals surface area contributed by atoms with Gasteiger partial charge >= 0.3 is 0 Å². The lowest BCUT2D eigenvalue weighted by atomic mass is 9.71.